The molecular formula is C19H24N2O6S. The zero-order chi connectivity index (χ0) is 20.4. The molecule has 1 aliphatic rings. The molecule has 0 unspecified atom stereocenters. The SMILES string of the molecule is CCCCOC(=O)c1ccc(NC(=O)COC(=O)CCN2CCSC2=O)cc1. The minimum absolute atomic E-state index is 0.0387. The first-order valence-corrected chi connectivity index (χ1v) is 10.1. The molecule has 152 valence electrons. The van der Waals surface area contributed by atoms with Crippen LogP contribution in [0.5, 0.6) is 0 Å². The van der Waals surface area contributed by atoms with E-state index in [-0.39, 0.29) is 11.7 Å². The predicted octanol–water partition coefficient (Wildman–Crippen LogP) is 2.68. The van der Waals surface area contributed by atoms with Crippen molar-refractivity contribution in [2.75, 3.05) is 37.4 Å². The van der Waals surface area contributed by atoms with Crippen molar-refractivity contribution in [3.63, 3.8) is 0 Å². The zero-order valence-electron chi connectivity index (χ0n) is 15.8. The molecule has 8 nitrogen and oxygen atoms in total. The van der Waals surface area contributed by atoms with E-state index in [2.05, 4.69) is 5.32 Å². The summed E-state index contributed by atoms with van der Waals surface area (Å²) in [5.41, 5.74) is 0.876. The van der Waals surface area contributed by atoms with Crippen LogP contribution >= 0.6 is 11.8 Å². The summed E-state index contributed by atoms with van der Waals surface area (Å²) in [5.74, 6) is -0.703. The molecule has 1 heterocycles. The van der Waals surface area contributed by atoms with Gasteiger partial charge in [-0.25, -0.2) is 4.79 Å². The molecule has 2 amide bonds. The second kappa shape index (κ2) is 11.3. The Kier molecular flexibility index (Phi) is 8.80. The van der Waals surface area contributed by atoms with Gasteiger partial charge in [-0.3, -0.25) is 14.4 Å². The number of thioether (sulfide) groups is 1. The molecule has 0 atom stereocenters. The summed E-state index contributed by atoms with van der Waals surface area (Å²) in [4.78, 5) is 48.4. The standard InChI is InChI=1S/C19H24N2O6S/c1-2-3-11-26-18(24)14-4-6-15(7-5-14)20-16(22)13-27-17(23)8-9-21-10-12-28-19(21)25/h4-7H,2-3,8-13H2,1H3,(H,20,22). The Labute approximate surface area is 167 Å². The van der Waals surface area contributed by atoms with Crippen LogP contribution in [0, 0.1) is 0 Å². The largest absolute Gasteiger partial charge is 0.462 e. The number of unbranched alkanes of at least 4 members (excludes halogenated alkanes) is 1. The third-order valence-corrected chi connectivity index (χ3v) is 4.82. The zero-order valence-corrected chi connectivity index (χ0v) is 16.6. The monoisotopic (exact) mass is 408 g/mol. The van der Waals surface area contributed by atoms with Gasteiger partial charge >= 0.3 is 11.9 Å². The summed E-state index contributed by atoms with van der Waals surface area (Å²) in [6, 6.07) is 6.27. The first kappa shape index (κ1) is 21.7. The van der Waals surface area contributed by atoms with Gasteiger partial charge in [-0.1, -0.05) is 25.1 Å². The van der Waals surface area contributed by atoms with Gasteiger partial charge in [0, 0.05) is 24.5 Å². The lowest BCUT2D eigenvalue weighted by Gasteiger charge is -2.13. The molecular weight excluding hydrogens is 384 g/mol. The van der Waals surface area contributed by atoms with E-state index in [1.807, 2.05) is 6.92 Å². The number of hydrogen-bond acceptors (Lipinski definition) is 7. The average Bonchev–Trinajstić information content (AvgIpc) is 3.10. The number of anilines is 1. The van der Waals surface area contributed by atoms with Gasteiger partial charge < -0.3 is 19.7 Å². The van der Waals surface area contributed by atoms with Crippen LogP contribution < -0.4 is 5.32 Å². The molecule has 2 rings (SSSR count). The number of amides is 2. The summed E-state index contributed by atoms with van der Waals surface area (Å²) in [6.45, 7) is 2.89. The Morgan fingerprint density at radius 2 is 1.93 bits per heavy atom. The maximum absolute atomic E-state index is 11.9. The number of hydrogen-bond donors (Lipinski definition) is 1. The van der Waals surface area contributed by atoms with E-state index >= 15 is 0 Å². The van der Waals surface area contributed by atoms with Gasteiger partial charge in [-0.2, -0.15) is 0 Å². The third kappa shape index (κ3) is 7.22. The molecule has 1 aliphatic heterocycles. The van der Waals surface area contributed by atoms with Crippen LogP contribution in [-0.4, -0.2) is 60.0 Å². The topological polar surface area (TPSA) is 102 Å². The van der Waals surface area contributed by atoms with Crippen molar-refractivity contribution in [1.82, 2.24) is 4.90 Å². The van der Waals surface area contributed by atoms with Gasteiger partial charge in [0.15, 0.2) is 6.61 Å². The number of carbonyl (C=O) groups excluding carboxylic acids is 4. The van der Waals surface area contributed by atoms with Crippen LogP contribution in [0.2, 0.25) is 0 Å². The lowest BCUT2D eigenvalue weighted by Crippen LogP contribution is -2.27. The van der Waals surface area contributed by atoms with Crippen molar-refractivity contribution in [3.8, 4) is 0 Å². The maximum atomic E-state index is 11.9. The second-order valence-corrected chi connectivity index (χ2v) is 7.17. The van der Waals surface area contributed by atoms with Gasteiger partial charge in [-0.15, -0.1) is 0 Å². The summed E-state index contributed by atoms with van der Waals surface area (Å²) in [6.07, 6.45) is 1.80. The number of ether oxygens (including phenoxy) is 2. The Morgan fingerprint density at radius 3 is 2.57 bits per heavy atom. The molecule has 28 heavy (non-hydrogen) atoms. The minimum atomic E-state index is -0.537. The molecule has 1 aromatic rings. The molecule has 1 saturated heterocycles. The fraction of sp³-hybridized carbons (Fsp3) is 0.474. The van der Waals surface area contributed by atoms with Crippen molar-refractivity contribution in [2.24, 2.45) is 0 Å². The van der Waals surface area contributed by atoms with E-state index in [0.29, 0.717) is 30.9 Å². The molecule has 0 aliphatic carbocycles. The quantitative estimate of drug-likeness (QED) is 0.469. The smallest absolute Gasteiger partial charge is 0.338 e. The highest BCUT2D eigenvalue weighted by molar-refractivity contribution is 8.13. The molecule has 9 heteroatoms. The van der Waals surface area contributed by atoms with Crippen molar-refractivity contribution < 1.29 is 28.7 Å². The van der Waals surface area contributed by atoms with Gasteiger partial charge in [0.05, 0.1) is 18.6 Å². The highest BCUT2D eigenvalue weighted by atomic mass is 32.2. The summed E-state index contributed by atoms with van der Waals surface area (Å²) in [7, 11) is 0. The fourth-order valence-corrected chi connectivity index (χ4v) is 3.20. The number of nitrogens with zero attached hydrogens (tertiary/aromatic N) is 1. The average molecular weight is 408 g/mol. The molecule has 0 spiro atoms. The maximum Gasteiger partial charge on any atom is 0.338 e. The lowest BCUT2D eigenvalue weighted by molar-refractivity contribution is -0.147. The van der Waals surface area contributed by atoms with Crippen LogP contribution in [0.25, 0.3) is 0 Å². The van der Waals surface area contributed by atoms with Crippen LogP contribution in [0.1, 0.15) is 36.5 Å². The van der Waals surface area contributed by atoms with E-state index in [1.54, 1.807) is 29.2 Å². The van der Waals surface area contributed by atoms with Crippen molar-refractivity contribution in [1.29, 1.82) is 0 Å². The van der Waals surface area contributed by atoms with E-state index in [0.717, 1.165) is 18.6 Å². The molecule has 1 N–H and O–H groups in total. The number of benzene rings is 1. The first-order valence-electron chi connectivity index (χ1n) is 9.14. The normalized spacial score (nSPS) is 13.3. The van der Waals surface area contributed by atoms with E-state index in [4.69, 9.17) is 9.47 Å². The van der Waals surface area contributed by atoms with Crippen LogP contribution in [0.4, 0.5) is 10.5 Å². The van der Waals surface area contributed by atoms with E-state index in [1.165, 1.54) is 11.8 Å². The summed E-state index contributed by atoms with van der Waals surface area (Å²) >= 11 is 1.23. The summed E-state index contributed by atoms with van der Waals surface area (Å²) < 4.78 is 10.0. The van der Waals surface area contributed by atoms with Crippen LogP contribution in [-0.2, 0) is 19.1 Å². The molecule has 1 fully saturated rings. The van der Waals surface area contributed by atoms with Crippen molar-refractivity contribution >= 4 is 40.5 Å². The third-order valence-electron chi connectivity index (χ3n) is 3.93. The number of carbonyl (C=O) groups is 4. The Morgan fingerprint density at radius 1 is 1.18 bits per heavy atom. The molecule has 0 saturated carbocycles. The van der Waals surface area contributed by atoms with Gasteiger partial charge in [-0.05, 0) is 30.7 Å². The lowest BCUT2D eigenvalue weighted by atomic mass is 10.2. The Hall–Kier alpha value is -2.55. The predicted molar refractivity (Wildman–Crippen MR) is 105 cm³/mol. The first-order chi connectivity index (χ1) is 13.5. The van der Waals surface area contributed by atoms with Crippen LogP contribution in [0.15, 0.2) is 24.3 Å². The minimum Gasteiger partial charge on any atom is -0.462 e. The van der Waals surface area contributed by atoms with Crippen LogP contribution in [0.3, 0.4) is 0 Å². The summed E-state index contributed by atoms with van der Waals surface area (Å²) in [5, 5.41) is 2.55. The molecule has 0 aromatic heterocycles. The van der Waals surface area contributed by atoms with Crippen molar-refractivity contribution in [2.45, 2.75) is 26.2 Å². The number of rotatable bonds is 10. The highest BCUT2D eigenvalue weighted by Crippen LogP contribution is 2.17. The Bertz CT molecular complexity index is 707. The second-order valence-electron chi connectivity index (χ2n) is 6.13. The fourth-order valence-electron chi connectivity index (χ4n) is 2.35. The number of esters is 2. The highest BCUT2D eigenvalue weighted by Gasteiger charge is 2.21. The molecule has 1 aromatic carbocycles. The van der Waals surface area contributed by atoms with Gasteiger partial charge in [0.2, 0.25) is 0 Å². The molecule has 0 bridgehead atoms. The van der Waals surface area contributed by atoms with E-state index in [9.17, 15) is 19.2 Å². The number of nitrogens with one attached hydrogen (secondary N) is 1. The van der Waals surface area contributed by atoms with Gasteiger partial charge in [0.25, 0.3) is 11.1 Å². The van der Waals surface area contributed by atoms with Crippen molar-refractivity contribution in [3.05, 3.63) is 29.8 Å². The van der Waals surface area contributed by atoms with E-state index < -0.39 is 24.5 Å². The Balaban J connectivity index is 1.68. The molecule has 0 radical (unpaired) electrons. The van der Waals surface area contributed by atoms with Gasteiger partial charge in [0.1, 0.15) is 0 Å².